The Morgan fingerprint density at radius 2 is 1.69 bits per heavy atom. The molecular formula is C22H22BrN3O3. The summed E-state index contributed by atoms with van der Waals surface area (Å²) in [6.07, 6.45) is 2.28. The van der Waals surface area contributed by atoms with Crippen molar-refractivity contribution in [2.75, 3.05) is 29.9 Å². The number of carbonyl (C=O) groups excluding carboxylic acids is 3. The van der Waals surface area contributed by atoms with Crippen molar-refractivity contribution in [1.29, 1.82) is 0 Å². The monoisotopic (exact) mass is 455 g/mol. The highest BCUT2D eigenvalue weighted by atomic mass is 79.9. The summed E-state index contributed by atoms with van der Waals surface area (Å²) >= 11 is 3.46. The Bertz CT molecular complexity index is 939. The minimum absolute atomic E-state index is 0.0332. The van der Waals surface area contributed by atoms with E-state index >= 15 is 0 Å². The molecule has 0 spiro atoms. The van der Waals surface area contributed by atoms with Gasteiger partial charge in [-0.15, -0.1) is 0 Å². The van der Waals surface area contributed by atoms with E-state index in [2.05, 4.69) is 21.2 Å². The van der Waals surface area contributed by atoms with Gasteiger partial charge in [0, 0.05) is 41.8 Å². The predicted octanol–water partition coefficient (Wildman–Crippen LogP) is 3.68. The zero-order valence-electron chi connectivity index (χ0n) is 15.9. The van der Waals surface area contributed by atoms with Gasteiger partial charge in [-0.2, -0.15) is 0 Å². The van der Waals surface area contributed by atoms with E-state index in [0.29, 0.717) is 17.8 Å². The third-order valence-corrected chi connectivity index (χ3v) is 6.10. The SMILES string of the molecule is O=C(Nc1ccc(C(=O)N2CCCC2)cc1)C1CC(=O)N(c2ccccc2Br)C1. The van der Waals surface area contributed by atoms with Gasteiger partial charge < -0.3 is 15.1 Å². The highest BCUT2D eigenvalue weighted by Crippen LogP contribution is 2.31. The van der Waals surface area contributed by atoms with Gasteiger partial charge >= 0.3 is 0 Å². The summed E-state index contributed by atoms with van der Waals surface area (Å²) < 4.78 is 0.827. The van der Waals surface area contributed by atoms with E-state index in [1.807, 2.05) is 29.2 Å². The van der Waals surface area contributed by atoms with Crippen LogP contribution in [-0.4, -0.2) is 42.3 Å². The van der Waals surface area contributed by atoms with Crippen LogP contribution in [0.15, 0.2) is 53.0 Å². The minimum Gasteiger partial charge on any atom is -0.339 e. The number of anilines is 2. The number of benzene rings is 2. The van der Waals surface area contributed by atoms with Crippen molar-refractivity contribution in [3.05, 3.63) is 58.6 Å². The first-order chi connectivity index (χ1) is 14.0. The summed E-state index contributed by atoms with van der Waals surface area (Å²) in [7, 11) is 0. The van der Waals surface area contributed by atoms with Crippen LogP contribution in [0.5, 0.6) is 0 Å². The topological polar surface area (TPSA) is 69.7 Å². The van der Waals surface area contributed by atoms with Crippen LogP contribution in [0.1, 0.15) is 29.6 Å². The molecule has 0 bridgehead atoms. The maximum atomic E-state index is 12.7. The third-order valence-electron chi connectivity index (χ3n) is 5.43. The van der Waals surface area contributed by atoms with Gasteiger partial charge in [0.25, 0.3) is 5.91 Å². The van der Waals surface area contributed by atoms with Gasteiger partial charge in [0.15, 0.2) is 0 Å². The number of halogens is 1. The summed E-state index contributed by atoms with van der Waals surface area (Å²) in [4.78, 5) is 41.0. The van der Waals surface area contributed by atoms with Crippen LogP contribution in [0.2, 0.25) is 0 Å². The number of carbonyl (C=O) groups is 3. The fourth-order valence-electron chi connectivity index (χ4n) is 3.83. The number of hydrogen-bond acceptors (Lipinski definition) is 3. The maximum absolute atomic E-state index is 12.7. The largest absolute Gasteiger partial charge is 0.339 e. The Hall–Kier alpha value is -2.67. The molecule has 2 aromatic rings. The second-order valence-corrected chi connectivity index (χ2v) is 8.28. The molecule has 1 unspecified atom stereocenters. The first-order valence-electron chi connectivity index (χ1n) is 9.78. The van der Waals surface area contributed by atoms with Crippen LogP contribution < -0.4 is 10.2 Å². The van der Waals surface area contributed by atoms with Crippen molar-refractivity contribution in [3.63, 3.8) is 0 Å². The quantitative estimate of drug-likeness (QED) is 0.764. The number of rotatable bonds is 4. The van der Waals surface area contributed by atoms with Crippen molar-refractivity contribution in [2.45, 2.75) is 19.3 Å². The average Bonchev–Trinajstić information content (AvgIpc) is 3.39. The Balaban J connectivity index is 1.39. The second kappa shape index (κ2) is 8.37. The molecule has 4 rings (SSSR count). The Morgan fingerprint density at radius 1 is 1.00 bits per heavy atom. The molecule has 0 aromatic heterocycles. The molecule has 6 nitrogen and oxygen atoms in total. The molecule has 0 saturated carbocycles. The number of likely N-dealkylation sites (tertiary alicyclic amines) is 1. The van der Waals surface area contributed by atoms with Crippen LogP contribution in [-0.2, 0) is 9.59 Å². The normalized spacial score (nSPS) is 18.9. The van der Waals surface area contributed by atoms with E-state index in [1.165, 1.54) is 0 Å². The zero-order chi connectivity index (χ0) is 20.4. The van der Waals surface area contributed by atoms with E-state index in [-0.39, 0.29) is 24.1 Å². The lowest BCUT2D eigenvalue weighted by atomic mass is 10.1. The van der Waals surface area contributed by atoms with Gasteiger partial charge in [0.1, 0.15) is 0 Å². The standard InChI is InChI=1S/C22H22BrN3O3/c23-18-5-1-2-6-19(18)26-14-16(13-20(26)27)21(28)24-17-9-7-15(8-10-17)22(29)25-11-3-4-12-25/h1-2,5-10,16H,3-4,11-14H2,(H,24,28). The lowest BCUT2D eigenvalue weighted by Gasteiger charge is -2.18. The van der Waals surface area contributed by atoms with Gasteiger partial charge in [0.05, 0.1) is 11.6 Å². The molecule has 150 valence electrons. The Morgan fingerprint density at radius 3 is 2.38 bits per heavy atom. The van der Waals surface area contributed by atoms with Gasteiger partial charge in [-0.3, -0.25) is 14.4 Å². The summed E-state index contributed by atoms with van der Waals surface area (Å²) in [6, 6.07) is 14.4. The Kier molecular flexibility index (Phi) is 5.67. The average molecular weight is 456 g/mol. The molecule has 2 heterocycles. The molecule has 0 radical (unpaired) electrons. The predicted molar refractivity (Wildman–Crippen MR) is 115 cm³/mol. The van der Waals surface area contributed by atoms with E-state index in [1.54, 1.807) is 29.2 Å². The number of hydrogen-bond donors (Lipinski definition) is 1. The molecule has 29 heavy (non-hydrogen) atoms. The molecule has 0 aliphatic carbocycles. The second-order valence-electron chi connectivity index (χ2n) is 7.42. The van der Waals surface area contributed by atoms with E-state index in [0.717, 1.165) is 36.1 Å². The molecule has 2 aliphatic rings. The van der Waals surface area contributed by atoms with Crippen molar-refractivity contribution in [1.82, 2.24) is 4.90 Å². The molecule has 3 amide bonds. The summed E-state index contributed by atoms with van der Waals surface area (Å²) in [5.74, 6) is -0.638. The summed E-state index contributed by atoms with van der Waals surface area (Å²) in [5, 5.41) is 2.87. The fourth-order valence-corrected chi connectivity index (χ4v) is 4.33. The lowest BCUT2D eigenvalue weighted by molar-refractivity contribution is -0.122. The van der Waals surface area contributed by atoms with E-state index in [4.69, 9.17) is 0 Å². The molecule has 2 aliphatic heterocycles. The van der Waals surface area contributed by atoms with Crippen LogP contribution in [0.4, 0.5) is 11.4 Å². The van der Waals surface area contributed by atoms with Crippen LogP contribution in [0.25, 0.3) is 0 Å². The fraction of sp³-hybridized carbons (Fsp3) is 0.318. The number of nitrogens with one attached hydrogen (secondary N) is 1. The van der Waals surface area contributed by atoms with Crippen LogP contribution in [0.3, 0.4) is 0 Å². The molecular weight excluding hydrogens is 434 g/mol. The molecule has 2 aromatic carbocycles. The van der Waals surface area contributed by atoms with Crippen LogP contribution in [0, 0.1) is 5.92 Å². The Labute approximate surface area is 178 Å². The number of nitrogens with zero attached hydrogens (tertiary/aromatic N) is 2. The molecule has 2 saturated heterocycles. The maximum Gasteiger partial charge on any atom is 0.253 e. The first-order valence-corrected chi connectivity index (χ1v) is 10.6. The number of amides is 3. The number of para-hydroxylation sites is 1. The molecule has 1 N–H and O–H groups in total. The van der Waals surface area contributed by atoms with Crippen molar-refractivity contribution < 1.29 is 14.4 Å². The van der Waals surface area contributed by atoms with Gasteiger partial charge in [-0.25, -0.2) is 0 Å². The molecule has 7 heteroatoms. The van der Waals surface area contributed by atoms with E-state index in [9.17, 15) is 14.4 Å². The van der Waals surface area contributed by atoms with Crippen molar-refractivity contribution >= 4 is 45.0 Å². The van der Waals surface area contributed by atoms with Gasteiger partial charge in [0.2, 0.25) is 11.8 Å². The minimum atomic E-state index is -0.416. The molecule has 1 atom stereocenters. The highest BCUT2D eigenvalue weighted by molar-refractivity contribution is 9.10. The van der Waals surface area contributed by atoms with Gasteiger partial charge in [-0.05, 0) is 65.2 Å². The smallest absolute Gasteiger partial charge is 0.253 e. The highest BCUT2D eigenvalue weighted by Gasteiger charge is 2.35. The van der Waals surface area contributed by atoms with Gasteiger partial charge in [-0.1, -0.05) is 12.1 Å². The van der Waals surface area contributed by atoms with Crippen molar-refractivity contribution in [3.8, 4) is 0 Å². The lowest BCUT2D eigenvalue weighted by Crippen LogP contribution is -2.28. The third kappa shape index (κ3) is 4.19. The molecule has 2 fully saturated rings. The van der Waals surface area contributed by atoms with E-state index < -0.39 is 5.92 Å². The van der Waals surface area contributed by atoms with Crippen LogP contribution >= 0.6 is 15.9 Å². The summed E-state index contributed by atoms with van der Waals surface area (Å²) in [5.41, 5.74) is 2.03. The first kappa shape index (κ1) is 19.6. The van der Waals surface area contributed by atoms with Crippen molar-refractivity contribution in [2.24, 2.45) is 5.92 Å². The zero-order valence-corrected chi connectivity index (χ0v) is 17.5. The summed E-state index contributed by atoms with van der Waals surface area (Å²) in [6.45, 7) is 1.96.